The average Bonchev–Trinajstić information content (AvgIpc) is 2.47. The van der Waals surface area contributed by atoms with Crippen LogP contribution in [0.15, 0.2) is 35.4 Å². The summed E-state index contributed by atoms with van der Waals surface area (Å²) >= 11 is 4.62. The Morgan fingerprint density at radius 2 is 2.14 bits per heavy atom. The first kappa shape index (κ1) is 17.0. The summed E-state index contributed by atoms with van der Waals surface area (Å²) in [5.74, 6) is 0.669. The van der Waals surface area contributed by atoms with E-state index in [-0.39, 0.29) is 11.3 Å². The summed E-state index contributed by atoms with van der Waals surface area (Å²) in [6.45, 7) is 5.93. The molecule has 118 valence electrons. The molecule has 0 radical (unpaired) electrons. The van der Waals surface area contributed by atoms with Gasteiger partial charge in [-0.15, -0.1) is 4.72 Å². The van der Waals surface area contributed by atoms with Crippen LogP contribution in [0.4, 0.5) is 11.5 Å². The van der Waals surface area contributed by atoms with Crippen LogP contribution in [-0.2, 0) is 17.8 Å². The molecular weight excluding hydrogens is 320 g/mol. The highest BCUT2D eigenvalue weighted by Crippen LogP contribution is 2.22. The number of aryl methyl sites for hydroxylation is 1. The van der Waals surface area contributed by atoms with E-state index in [1.807, 2.05) is 45.0 Å². The van der Waals surface area contributed by atoms with E-state index in [1.165, 1.54) is 0 Å². The van der Waals surface area contributed by atoms with Crippen LogP contribution in [0.3, 0.4) is 0 Å². The fourth-order valence-corrected chi connectivity index (χ4v) is 2.99. The van der Waals surface area contributed by atoms with Gasteiger partial charge in [-0.25, -0.2) is 9.97 Å². The Balaban J connectivity index is 2.22. The van der Waals surface area contributed by atoms with Gasteiger partial charge in [-0.1, -0.05) is 13.0 Å². The van der Waals surface area contributed by atoms with Gasteiger partial charge in [0.1, 0.15) is 5.82 Å². The molecule has 1 unspecified atom stereocenters. The van der Waals surface area contributed by atoms with Gasteiger partial charge < -0.3 is 9.87 Å². The van der Waals surface area contributed by atoms with Crippen molar-refractivity contribution in [3.63, 3.8) is 0 Å². The minimum absolute atomic E-state index is 0.143. The number of halogens is 1. The summed E-state index contributed by atoms with van der Waals surface area (Å²) in [6, 6.07) is 7.55. The van der Waals surface area contributed by atoms with Gasteiger partial charge in [-0.2, -0.15) is 0 Å². The van der Waals surface area contributed by atoms with Gasteiger partial charge in [-0.3, -0.25) is 0 Å². The highest BCUT2D eigenvalue weighted by molar-refractivity contribution is 7.89. The SMILES string of the molecule is CCc1cnc(Cl)nc1Nc1cccc([S+]([O-])NC(C)C)c1. The number of nitrogens with one attached hydrogen (secondary N) is 2. The van der Waals surface area contributed by atoms with Crippen LogP contribution in [0, 0.1) is 0 Å². The Labute approximate surface area is 138 Å². The smallest absolute Gasteiger partial charge is 0.224 e. The summed E-state index contributed by atoms with van der Waals surface area (Å²) in [6.07, 6.45) is 2.50. The number of anilines is 2. The molecule has 0 saturated carbocycles. The lowest BCUT2D eigenvalue weighted by Gasteiger charge is -2.14. The molecule has 0 saturated heterocycles. The fourth-order valence-electron chi connectivity index (χ4n) is 1.86. The Morgan fingerprint density at radius 1 is 1.36 bits per heavy atom. The van der Waals surface area contributed by atoms with Crippen LogP contribution >= 0.6 is 11.6 Å². The first-order valence-electron chi connectivity index (χ1n) is 7.06. The van der Waals surface area contributed by atoms with Gasteiger partial charge >= 0.3 is 0 Å². The lowest BCUT2D eigenvalue weighted by Crippen LogP contribution is -2.30. The third-order valence-electron chi connectivity index (χ3n) is 2.87. The topological polar surface area (TPSA) is 72.9 Å². The first-order valence-corrected chi connectivity index (χ1v) is 8.58. The Bertz CT molecular complexity index is 639. The Kier molecular flexibility index (Phi) is 6.02. The van der Waals surface area contributed by atoms with Crippen molar-refractivity contribution in [2.45, 2.75) is 38.1 Å². The van der Waals surface area contributed by atoms with E-state index in [4.69, 9.17) is 11.6 Å². The number of hydrogen-bond acceptors (Lipinski definition) is 5. The summed E-state index contributed by atoms with van der Waals surface area (Å²) in [4.78, 5) is 8.91. The third kappa shape index (κ3) is 4.58. The van der Waals surface area contributed by atoms with Crippen molar-refractivity contribution in [1.82, 2.24) is 14.7 Å². The molecule has 0 spiro atoms. The summed E-state index contributed by atoms with van der Waals surface area (Å²) in [5, 5.41) is 3.41. The molecule has 7 heteroatoms. The molecule has 1 heterocycles. The van der Waals surface area contributed by atoms with Crippen LogP contribution in [0.25, 0.3) is 0 Å². The zero-order valence-electron chi connectivity index (χ0n) is 12.8. The van der Waals surface area contributed by atoms with E-state index < -0.39 is 11.4 Å². The second kappa shape index (κ2) is 7.78. The lowest BCUT2D eigenvalue weighted by molar-refractivity contribution is 0.569. The largest absolute Gasteiger partial charge is 0.593 e. The van der Waals surface area contributed by atoms with Crippen LogP contribution in [-0.4, -0.2) is 20.6 Å². The predicted molar refractivity (Wildman–Crippen MR) is 90.8 cm³/mol. The van der Waals surface area contributed by atoms with Crippen LogP contribution < -0.4 is 10.0 Å². The molecule has 1 aromatic carbocycles. The van der Waals surface area contributed by atoms with Gasteiger partial charge in [0.15, 0.2) is 4.90 Å². The van der Waals surface area contributed by atoms with Crippen LogP contribution in [0.2, 0.25) is 5.28 Å². The molecule has 0 amide bonds. The van der Waals surface area contributed by atoms with Gasteiger partial charge in [0, 0.05) is 29.6 Å². The maximum atomic E-state index is 12.2. The van der Waals surface area contributed by atoms with Crippen molar-refractivity contribution in [2.75, 3.05) is 5.32 Å². The van der Waals surface area contributed by atoms with Gasteiger partial charge in [0.05, 0.1) is 11.4 Å². The maximum absolute atomic E-state index is 12.2. The second-order valence-electron chi connectivity index (χ2n) is 5.06. The average molecular weight is 339 g/mol. The van der Waals surface area contributed by atoms with E-state index in [0.29, 0.717) is 10.7 Å². The highest BCUT2D eigenvalue weighted by Gasteiger charge is 2.14. The molecule has 22 heavy (non-hydrogen) atoms. The number of nitrogens with zero attached hydrogens (tertiary/aromatic N) is 2. The van der Waals surface area contributed by atoms with Crippen molar-refractivity contribution in [1.29, 1.82) is 0 Å². The molecule has 1 atom stereocenters. The monoisotopic (exact) mass is 338 g/mol. The highest BCUT2D eigenvalue weighted by atomic mass is 35.5. The molecule has 2 rings (SSSR count). The lowest BCUT2D eigenvalue weighted by atomic mass is 10.2. The fraction of sp³-hybridized carbons (Fsp3) is 0.333. The second-order valence-corrected chi connectivity index (χ2v) is 6.64. The molecule has 0 aliphatic carbocycles. The standard InChI is InChI=1S/C15H19ClN4OS/c1-4-11-9-17-15(16)19-14(11)18-12-6-5-7-13(8-12)22(21)20-10(2)3/h5-10,20H,4H2,1-3H3,(H,17,18,19). The van der Waals surface area contributed by atoms with E-state index >= 15 is 0 Å². The van der Waals surface area contributed by atoms with Gasteiger partial charge in [0.25, 0.3) is 0 Å². The molecule has 0 fully saturated rings. The van der Waals surface area contributed by atoms with Crippen LogP contribution in [0.1, 0.15) is 26.3 Å². The van der Waals surface area contributed by atoms with E-state index in [0.717, 1.165) is 17.7 Å². The van der Waals surface area contributed by atoms with Gasteiger partial charge in [-0.05, 0) is 44.0 Å². The molecule has 0 bridgehead atoms. The molecule has 2 aromatic rings. The van der Waals surface area contributed by atoms with Crippen molar-refractivity contribution in [2.24, 2.45) is 0 Å². The quantitative estimate of drug-likeness (QED) is 0.623. The molecular formula is C15H19ClN4OS. The normalized spacial score (nSPS) is 12.5. The van der Waals surface area contributed by atoms with E-state index in [1.54, 1.807) is 6.20 Å². The number of aromatic nitrogens is 2. The predicted octanol–water partition coefficient (Wildman–Crippen LogP) is 3.46. The van der Waals surface area contributed by atoms with Crippen molar-refractivity contribution < 1.29 is 4.55 Å². The molecule has 5 nitrogen and oxygen atoms in total. The summed E-state index contributed by atoms with van der Waals surface area (Å²) < 4.78 is 15.1. The Hall–Kier alpha value is -1.34. The minimum Gasteiger partial charge on any atom is -0.593 e. The number of rotatable bonds is 6. The van der Waals surface area contributed by atoms with E-state index in [9.17, 15) is 4.55 Å². The van der Waals surface area contributed by atoms with Gasteiger partial charge in [0.2, 0.25) is 5.28 Å². The van der Waals surface area contributed by atoms with Crippen molar-refractivity contribution in [3.05, 3.63) is 41.3 Å². The minimum atomic E-state index is -1.24. The van der Waals surface area contributed by atoms with Crippen molar-refractivity contribution in [3.8, 4) is 0 Å². The molecule has 0 aliphatic rings. The molecule has 1 aromatic heterocycles. The summed E-state index contributed by atoms with van der Waals surface area (Å²) in [7, 11) is 0. The van der Waals surface area contributed by atoms with E-state index in [2.05, 4.69) is 20.0 Å². The molecule has 0 aliphatic heterocycles. The number of benzene rings is 1. The number of hydrogen-bond donors (Lipinski definition) is 2. The first-order chi connectivity index (χ1) is 10.5. The summed E-state index contributed by atoms with van der Waals surface area (Å²) in [5.41, 5.74) is 1.78. The third-order valence-corrected chi connectivity index (χ3v) is 4.42. The zero-order valence-corrected chi connectivity index (χ0v) is 14.3. The van der Waals surface area contributed by atoms with Crippen LogP contribution in [0.5, 0.6) is 0 Å². The van der Waals surface area contributed by atoms with Crippen molar-refractivity contribution >= 4 is 34.5 Å². The zero-order chi connectivity index (χ0) is 16.1. The molecule has 2 N–H and O–H groups in total. The Morgan fingerprint density at radius 3 is 2.82 bits per heavy atom. The maximum Gasteiger partial charge on any atom is 0.224 e.